The number of benzene rings is 1. The highest BCUT2D eigenvalue weighted by Crippen LogP contribution is 2.17. The molecule has 18 heavy (non-hydrogen) atoms. The summed E-state index contributed by atoms with van der Waals surface area (Å²) in [6.07, 6.45) is 1.25. The summed E-state index contributed by atoms with van der Waals surface area (Å²) in [6, 6.07) is 7.69. The maximum Gasteiger partial charge on any atom is 0.148 e. The summed E-state index contributed by atoms with van der Waals surface area (Å²) in [6.45, 7) is 5.03. The highest BCUT2D eigenvalue weighted by atomic mass is 32.2. The molecule has 1 aromatic carbocycles. The van der Waals surface area contributed by atoms with Gasteiger partial charge in [0.2, 0.25) is 0 Å². The van der Waals surface area contributed by atoms with Crippen molar-refractivity contribution in [1.29, 1.82) is 0 Å². The zero-order chi connectivity index (χ0) is 13.6. The minimum Gasteiger partial charge on any atom is -0.494 e. The topological polar surface area (TPSA) is 55.4 Å². The predicted octanol–water partition coefficient (Wildman–Crippen LogP) is 1.61. The van der Waals surface area contributed by atoms with E-state index in [4.69, 9.17) is 4.74 Å². The Hall–Kier alpha value is -1.07. The molecular weight excluding hydrogens is 250 g/mol. The number of sulfone groups is 1. The van der Waals surface area contributed by atoms with E-state index >= 15 is 0 Å². The summed E-state index contributed by atoms with van der Waals surface area (Å²) in [4.78, 5) is 0. The lowest BCUT2D eigenvalue weighted by Gasteiger charge is -2.15. The van der Waals surface area contributed by atoms with Crippen molar-refractivity contribution in [3.8, 4) is 5.75 Å². The van der Waals surface area contributed by atoms with Crippen molar-refractivity contribution in [3.05, 3.63) is 29.8 Å². The molecule has 0 fully saturated rings. The average molecular weight is 271 g/mol. The lowest BCUT2D eigenvalue weighted by molar-refractivity contribution is 0.335. The molecule has 4 nitrogen and oxygen atoms in total. The molecule has 0 aromatic heterocycles. The van der Waals surface area contributed by atoms with Gasteiger partial charge in [-0.2, -0.15) is 0 Å². The molecule has 0 spiro atoms. The molecule has 102 valence electrons. The second kappa shape index (κ2) is 6.75. The predicted molar refractivity (Wildman–Crippen MR) is 73.6 cm³/mol. The van der Waals surface area contributed by atoms with Crippen LogP contribution in [0, 0.1) is 0 Å². The number of ether oxygens (including phenoxy) is 1. The van der Waals surface area contributed by atoms with E-state index in [1.165, 1.54) is 6.26 Å². The molecule has 0 amide bonds. The second-order valence-corrected chi connectivity index (χ2v) is 6.60. The molecule has 0 heterocycles. The van der Waals surface area contributed by atoms with E-state index in [1.807, 2.05) is 38.1 Å². The minimum absolute atomic E-state index is 0.0744. The van der Waals surface area contributed by atoms with Gasteiger partial charge in [-0.1, -0.05) is 18.2 Å². The summed E-state index contributed by atoms with van der Waals surface area (Å²) < 4.78 is 27.8. The summed E-state index contributed by atoms with van der Waals surface area (Å²) >= 11 is 0. The van der Waals surface area contributed by atoms with E-state index in [0.717, 1.165) is 11.3 Å². The van der Waals surface area contributed by atoms with Crippen LogP contribution in [0.3, 0.4) is 0 Å². The first-order chi connectivity index (χ1) is 8.42. The number of nitrogens with one attached hydrogen (secondary N) is 1. The largest absolute Gasteiger partial charge is 0.494 e. The van der Waals surface area contributed by atoms with Gasteiger partial charge in [0, 0.05) is 24.4 Å². The van der Waals surface area contributed by atoms with Gasteiger partial charge in [0.1, 0.15) is 15.6 Å². The molecule has 0 saturated heterocycles. The van der Waals surface area contributed by atoms with E-state index in [-0.39, 0.29) is 11.8 Å². The van der Waals surface area contributed by atoms with Crippen LogP contribution in [0.1, 0.15) is 19.4 Å². The third-order valence-corrected chi connectivity index (χ3v) is 3.57. The minimum atomic E-state index is -2.94. The lowest BCUT2D eigenvalue weighted by Crippen LogP contribution is -2.32. The van der Waals surface area contributed by atoms with Crippen LogP contribution in [0.15, 0.2) is 24.3 Å². The lowest BCUT2D eigenvalue weighted by atomic mass is 10.2. The van der Waals surface area contributed by atoms with Crippen LogP contribution in [0.5, 0.6) is 5.75 Å². The molecule has 0 saturated carbocycles. The summed E-state index contributed by atoms with van der Waals surface area (Å²) in [5.41, 5.74) is 1.04. The standard InChI is InChI=1S/C13H21NO3S/c1-4-17-13-8-6-5-7-12(13)9-14-11(2)10-18(3,15)16/h5-8,11,14H,4,9-10H2,1-3H3. The number of rotatable bonds is 7. The van der Waals surface area contributed by atoms with Crippen LogP contribution >= 0.6 is 0 Å². The molecule has 0 aliphatic heterocycles. The van der Waals surface area contributed by atoms with Crippen LogP contribution < -0.4 is 10.1 Å². The summed E-state index contributed by atoms with van der Waals surface area (Å²) in [7, 11) is -2.94. The molecule has 0 bridgehead atoms. The van der Waals surface area contributed by atoms with E-state index in [0.29, 0.717) is 13.2 Å². The van der Waals surface area contributed by atoms with Gasteiger partial charge in [0.05, 0.1) is 12.4 Å². The van der Waals surface area contributed by atoms with Crippen LogP contribution in [0.25, 0.3) is 0 Å². The third-order valence-electron chi connectivity index (χ3n) is 2.47. The smallest absolute Gasteiger partial charge is 0.148 e. The van der Waals surface area contributed by atoms with Gasteiger partial charge in [0.25, 0.3) is 0 Å². The Bertz CT molecular complexity index is 471. The molecule has 0 aliphatic carbocycles. The van der Waals surface area contributed by atoms with Gasteiger partial charge in [0.15, 0.2) is 0 Å². The van der Waals surface area contributed by atoms with E-state index in [2.05, 4.69) is 5.32 Å². The van der Waals surface area contributed by atoms with Crippen molar-refractivity contribution in [2.45, 2.75) is 26.4 Å². The van der Waals surface area contributed by atoms with Gasteiger partial charge in [-0.3, -0.25) is 0 Å². The van der Waals surface area contributed by atoms with E-state index < -0.39 is 9.84 Å². The Labute approximate surface area is 109 Å². The van der Waals surface area contributed by atoms with E-state index in [1.54, 1.807) is 0 Å². The highest BCUT2D eigenvalue weighted by Gasteiger charge is 2.10. The zero-order valence-electron chi connectivity index (χ0n) is 11.1. The molecule has 1 atom stereocenters. The van der Waals surface area contributed by atoms with Gasteiger partial charge in [-0.05, 0) is 19.9 Å². The van der Waals surface area contributed by atoms with Crippen molar-refractivity contribution in [2.24, 2.45) is 0 Å². The Morgan fingerprint density at radius 3 is 2.61 bits per heavy atom. The fourth-order valence-electron chi connectivity index (χ4n) is 1.74. The first kappa shape index (κ1) is 15.0. The SMILES string of the molecule is CCOc1ccccc1CNC(C)CS(C)(=O)=O. The van der Waals surface area contributed by atoms with Crippen LogP contribution in [0.2, 0.25) is 0 Å². The molecule has 0 radical (unpaired) electrons. The van der Waals surface area contributed by atoms with Gasteiger partial charge in [-0.25, -0.2) is 8.42 Å². The fraction of sp³-hybridized carbons (Fsp3) is 0.538. The van der Waals surface area contributed by atoms with Gasteiger partial charge in [-0.15, -0.1) is 0 Å². The van der Waals surface area contributed by atoms with E-state index in [9.17, 15) is 8.42 Å². The molecule has 0 aliphatic rings. The number of para-hydroxylation sites is 1. The first-order valence-electron chi connectivity index (χ1n) is 6.04. The molecule has 1 unspecified atom stereocenters. The Balaban J connectivity index is 2.58. The van der Waals surface area contributed by atoms with Crippen LogP contribution in [-0.4, -0.2) is 33.1 Å². The maximum atomic E-state index is 11.2. The van der Waals surface area contributed by atoms with Crippen molar-refractivity contribution in [3.63, 3.8) is 0 Å². The highest BCUT2D eigenvalue weighted by molar-refractivity contribution is 7.90. The number of hydrogen-bond donors (Lipinski definition) is 1. The average Bonchev–Trinajstić information content (AvgIpc) is 2.26. The fourth-order valence-corrected chi connectivity index (χ4v) is 2.77. The third kappa shape index (κ3) is 5.51. The first-order valence-corrected chi connectivity index (χ1v) is 8.10. The van der Waals surface area contributed by atoms with Crippen LogP contribution in [0.4, 0.5) is 0 Å². The quantitative estimate of drug-likeness (QED) is 0.818. The monoisotopic (exact) mass is 271 g/mol. The van der Waals surface area contributed by atoms with Crippen LogP contribution in [-0.2, 0) is 16.4 Å². The molecule has 1 aromatic rings. The molecular formula is C13H21NO3S. The van der Waals surface area contributed by atoms with Crippen molar-refractivity contribution >= 4 is 9.84 Å². The second-order valence-electron chi connectivity index (χ2n) is 4.42. The zero-order valence-corrected chi connectivity index (χ0v) is 12.0. The molecule has 1 rings (SSSR count). The van der Waals surface area contributed by atoms with Crippen molar-refractivity contribution in [2.75, 3.05) is 18.6 Å². The maximum absolute atomic E-state index is 11.2. The molecule has 5 heteroatoms. The van der Waals surface area contributed by atoms with Gasteiger partial charge >= 0.3 is 0 Å². The van der Waals surface area contributed by atoms with Gasteiger partial charge < -0.3 is 10.1 Å². The van der Waals surface area contributed by atoms with Crippen molar-refractivity contribution < 1.29 is 13.2 Å². The molecule has 1 N–H and O–H groups in total. The Kier molecular flexibility index (Phi) is 5.62. The Morgan fingerprint density at radius 1 is 1.33 bits per heavy atom. The number of hydrogen-bond acceptors (Lipinski definition) is 4. The summed E-state index contributed by atoms with van der Waals surface area (Å²) in [5.74, 6) is 0.989. The summed E-state index contributed by atoms with van der Waals surface area (Å²) in [5, 5.41) is 3.20. The normalized spacial score (nSPS) is 13.3. The van der Waals surface area contributed by atoms with Crippen molar-refractivity contribution in [1.82, 2.24) is 5.32 Å². The Morgan fingerprint density at radius 2 is 2.00 bits per heavy atom.